The van der Waals surface area contributed by atoms with E-state index in [0.717, 1.165) is 13.0 Å². The number of ether oxygens (including phenoxy) is 1. The van der Waals surface area contributed by atoms with Crippen molar-refractivity contribution in [1.82, 2.24) is 4.90 Å². The number of rotatable bonds is 6. The molecule has 0 amide bonds. The first-order chi connectivity index (χ1) is 7.56. The van der Waals surface area contributed by atoms with Gasteiger partial charge in [0.25, 0.3) is 0 Å². The Balaban J connectivity index is 2.21. The maximum Gasteiger partial charge on any atom is 0.325 e. The lowest BCUT2D eigenvalue weighted by atomic mass is 9.97. The molecule has 0 aliphatic carbocycles. The minimum Gasteiger partial charge on any atom is -0.465 e. The third-order valence-corrected chi connectivity index (χ3v) is 3.11. The Kier molecular flexibility index (Phi) is 5.22. The van der Waals surface area contributed by atoms with Gasteiger partial charge < -0.3 is 15.4 Å². The molecule has 16 heavy (non-hydrogen) atoms. The molecular weight excluding hydrogens is 204 g/mol. The van der Waals surface area contributed by atoms with E-state index in [1.165, 1.54) is 25.9 Å². The fraction of sp³-hybridized carbons (Fsp3) is 0.917. The highest BCUT2D eigenvalue weighted by Crippen LogP contribution is 2.14. The van der Waals surface area contributed by atoms with Crippen molar-refractivity contribution in [2.45, 2.75) is 45.1 Å². The van der Waals surface area contributed by atoms with Gasteiger partial charge in [0.1, 0.15) is 5.54 Å². The minimum atomic E-state index is -0.824. The van der Waals surface area contributed by atoms with Crippen LogP contribution < -0.4 is 5.73 Å². The SMILES string of the molecule is CCOC(=O)C(C)(N)CCCN1CCCC1. The lowest BCUT2D eigenvalue weighted by Gasteiger charge is -2.23. The Bertz CT molecular complexity index is 223. The van der Waals surface area contributed by atoms with Gasteiger partial charge in [-0.25, -0.2) is 0 Å². The standard InChI is InChI=1S/C12H24N2O2/c1-3-16-11(15)12(2,13)7-6-10-14-8-4-5-9-14/h3-10,13H2,1-2H3. The summed E-state index contributed by atoms with van der Waals surface area (Å²) in [5.74, 6) is -0.281. The molecule has 4 heteroatoms. The summed E-state index contributed by atoms with van der Waals surface area (Å²) in [7, 11) is 0. The summed E-state index contributed by atoms with van der Waals surface area (Å²) in [4.78, 5) is 14.0. The van der Waals surface area contributed by atoms with Crippen LogP contribution in [0.2, 0.25) is 0 Å². The second kappa shape index (κ2) is 6.21. The average Bonchev–Trinajstić information content (AvgIpc) is 2.70. The van der Waals surface area contributed by atoms with Crippen LogP contribution in [0.5, 0.6) is 0 Å². The van der Waals surface area contributed by atoms with Crippen LogP contribution in [0.15, 0.2) is 0 Å². The monoisotopic (exact) mass is 228 g/mol. The van der Waals surface area contributed by atoms with Crippen LogP contribution in [0.1, 0.15) is 39.5 Å². The zero-order valence-electron chi connectivity index (χ0n) is 10.5. The Morgan fingerprint density at radius 2 is 2.06 bits per heavy atom. The van der Waals surface area contributed by atoms with Crippen LogP contribution >= 0.6 is 0 Å². The summed E-state index contributed by atoms with van der Waals surface area (Å²) in [5.41, 5.74) is 5.11. The number of likely N-dealkylation sites (tertiary alicyclic amines) is 1. The number of carbonyl (C=O) groups excluding carboxylic acids is 1. The van der Waals surface area contributed by atoms with Crippen molar-refractivity contribution in [3.8, 4) is 0 Å². The molecule has 4 nitrogen and oxygen atoms in total. The summed E-state index contributed by atoms with van der Waals surface area (Å²) in [6.45, 7) is 7.40. The fourth-order valence-electron chi connectivity index (χ4n) is 2.07. The summed E-state index contributed by atoms with van der Waals surface area (Å²) >= 11 is 0. The van der Waals surface area contributed by atoms with Gasteiger partial charge in [-0.05, 0) is 59.2 Å². The van der Waals surface area contributed by atoms with E-state index in [2.05, 4.69) is 4.90 Å². The number of esters is 1. The zero-order chi connectivity index (χ0) is 12.0. The fourth-order valence-corrected chi connectivity index (χ4v) is 2.07. The Hall–Kier alpha value is -0.610. The van der Waals surface area contributed by atoms with Gasteiger partial charge >= 0.3 is 5.97 Å². The Morgan fingerprint density at radius 1 is 1.44 bits per heavy atom. The molecule has 1 rings (SSSR count). The molecule has 0 aromatic carbocycles. The van der Waals surface area contributed by atoms with E-state index in [1.807, 2.05) is 0 Å². The average molecular weight is 228 g/mol. The van der Waals surface area contributed by atoms with Crippen LogP contribution in [-0.2, 0) is 9.53 Å². The van der Waals surface area contributed by atoms with E-state index >= 15 is 0 Å². The van der Waals surface area contributed by atoms with E-state index in [0.29, 0.717) is 13.0 Å². The van der Waals surface area contributed by atoms with E-state index in [-0.39, 0.29) is 5.97 Å². The number of hydrogen-bond acceptors (Lipinski definition) is 4. The molecule has 0 radical (unpaired) electrons. The second-order valence-corrected chi connectivity index (χ2v) is 4.79. The first-order valence-electron chi connectivity index (χ1n) is 6.24. The topological polar surface area (TPSA) is 55.6 Å². The molecule has 1 atom stereocenters. The molecule has 94 valence electrons. The van der Waals surface area contributed by atoms with Crippen LogP contribution in [-0.4, -0.2) is 42.6 Å². The van der Waals surface area contributed by atoms with Crippen molar-refractivity contribution in [2.75, 3.05) is 26.2 Å². The van der Waals surface area contributed by atoms with Crippen molar-refractivity contribution >= 4 is 5.97 Å². The molecule has 0 aromatic rings. The van der Waals surface area contributed by atoms with Gasteiger partial charge in [-0.1, -0.05) is 0 Å². The van der Waals surface area contributed by atoms with Crippen molar-refractivity contribution < 1.29 is 9.53 Å². The van der Waals surface area contributed by atoms with Gasteiger partial charge in [-0.15, -0.1) is 0 Å². The summed E-state index contributed by atoms with van der Waals surface area (Å²) in [6, 6.07) is 0. The lowest BCUT2D eigenvalue weighted by molar-refractivity contribution is -0.149. The van der Waals surface area contributed by atoms with Gasteiger partial charge in [0.15, 0.2) is 0 Å². The van der Waals surface area contributed by atoms with Crippen molar-refractivity contribution in [3.63, 3.8) is 0 Å². The van der Waals surface area contributed by atoms with Gasteiger partial charge in [-0.2, -0.15) is 0 Å². The largest absolute Gasteiger partial charge is 0.465 e. The predicted molar refractivity (Wildman–Crippen MR) is 64.1 cm³/mol. The highest BCUT2D eigenvalue weighted by molar-refractivity contribution is 5.79. The predicted octanol–water partition coefficient (Wildman–Crippen LogP) is 1.14. The molecule has 0 saturated carbocycles. The maximum absolute atomic E-state index is 11.5. The molecule has 1 unspecified atom stereocenters. The number of hydrogen-bond donors (Lipinski definition) is 1. The van der Waals surface area contributed by atoms with E-state index in [4.69, 9.17) is 10.5 Å². The molecular formula is C12H24N2O2. The number of carbonyl (C=O) groups is 1. The van der Waals surface area contributed by atoms with Crippen LogP contribution in [0.25, 0.3) is 0 Å². The number of nitrogens with two attached hydrogens (primary N) is 1. The van der Waals surface area contributed by atoms with E-state index in [9.17, 15) is 4.79 Å². The molecule has 1 saturated heterocycles. The summed E-state index contributed by atoms with van der Waals surface area (Å²) < 4.78 is 4.95. The minimum absolute atomic E-state index is 0.281. The van der Waals surface area contributed by atoms with Crippen molar-refractivity contribution in [3.05, 3.63) is 0 Å². The molecule has 0 bridgehead atoms. The highest BCUT2D eigenvalue weighted by Gasteiger charge is 2.29. The maximum atomic E-state index is 11.5. The first-order valence-corrected chi connectivity index (χ1v) is 6.24. The molecule has 1 aliphatic heterocycles. The number of nitrogens with zero attached hydrogens (tertiary/aromatic N) is 1. The zero-order valence-corrected chi connectivity index (χ0v) is 10.5. The van der Waals surface area contributed by atoms with Gasteiger partial charge in [0.05, 0.1) is 6.61 Å². The quantitative estimate of drug-likeness (QED) is 0.693. The van der Waals surface area contributed by atoms with Gasteiger partial charge in [-0.3, -0.25) is 4.79 Å². The molecule has 1 heterocycles. The van der Waals surface area contributed by atoms with E-state index in [1.54, 1.807) is 13.8 Å². The van der Waals surface area contributed by atoms with E-state index < -0.39 is 5.54 Å². The first kappa shape index (κ1) is 13.5. The van der Waals surface area contributed by atoms with Crippen LogP contribution in [0.4, 0.5) is 0 Å². The molecule has 1 fully saturated rings. The summed E-state index contributed by atoms with van der Waals surface area (Å²) in [5, 5.41) is 0. The third kappa shape index (κ3) is 4.10. The Morgan fingerprint density at radius 3 is 2.62 bits per heavy atom. The molecule has 0 spiro atoms. The molecule has 2 N–H and O–H groups in total. The van der Waals surface area contributed by atoms with Crippen LogP contribution in [0.3, 0.4) is 0 Å². The second-order valence-electron chi connectivity index (χ2n) is 4.79. The van der Waals surface area contributed by atoms with Crippen molar-refractivity contribution in [2.24, 2.45) is 5.73 Å². The van der Waals surface area contributed by atoms with Crippen molar-refractivity contribution in [1.29, 1.82) is 0 Å². The highest BCUT2D eigenvalue weighted by atomic mass is 16.5. The lowest BCUT2D eigenvalue weighted by Crippen LogP contribution is -2.46. The molecule has 0 aromatic heterocycles. The normalized spacial score (nSPS) is 20.7. The van der Waals surface area contributed by atoms with Crippen LogP contribution in [0, 0.1) is 0 Å². The third-order valence-electron chi connectivity index (χ3n) is 3.11. The van der Waals surface area contributed by atoms with Gasteiger partial charge in [0.2, 0.25) is 0 Å². The smallest absolute Gasteiger partial charge is 0.325 e. The Labute approximate surface area is 98.1 Å². The van der Waals surface area contributed by atoms with Gasteiger partial charge in [0, 0.05) is 0 Å². The molecule has 1 aliphatic rings. The summed E-state index contributed by atoms with van der Waals surface area (Å²) in [6.07, 6.45) is 4.27.